The Hall–Kier alpha value is -0.950. The van der Waals surface area contributed by atoms with E-state index in [1.54, 1.807) is 4.31 Å². The van der Waals surface area contributed by atoms with Crippen LogP contribution in [-0.4, -0.2) is 50.3 Å². The lowest BCUT2D eigenvalue weighted by molar-refractivity contribution is 0.196. The molecule has 2 N–H and O–H groups in total. The molecular formula is C14H23N3O2S. The maximum Gasteiger partial charge on any atom is 0.218 e. The lowest BCUT2D eigenvalue weighted by Gasteiger charge is -2.33. The zero-order valence-electron chi connectivity index (χ0n) is 12.0. The Morgan fingerprint density at radius 3 is 2.10 bits per heavy atom. The maximum atomic E-state index is 12.4. The predicted octanol–water partition coefficient (Wildman–Crippen LogP) is 0.613. The van der Waals surface area contributed by atoms with Gasteiger partial charge >= 0.3 is 0 Å². The summed E-state index contributed by atoms with van der Waals surface area (Å²) in [6.45, 7) is 6.39. The second kappa shape index (κ2) is 6.67. The fourth-order valence-corrected chi connectivity index (χ4v) is 3.91. The molecule has 1 aliphatic rings. The molecule has 5 nitrogen and oxygen atoms in total. The van der Waals surface area contributed by atoms with Crippen LogP contribution in [0.4, 0.5) is 0 Å². The molecule has 1 heterocycles. The van der Waals surface area contributed by atoms with E-state index >= 15 is 0 Å². The van der Waals surface area contributed by atoms with Crippen molar-refractivity contribution in [1.29, 1.82) is 0 Å². The molecule has 1 saturated heterocycles. The van der Waals surface area contributed by atoms with E-state index in [1.165, 1.54) is 0 Å². The van der Waals surface area contributed by atoms with Crippen molar-refractivity contribution in [1.82, 2.24) is 9.21 Å². The highest BCUT2D eigenvalue weighted by molar-refractivity contribution is 7.88. The summed E-state index contributed by atoms with van der Waals surface area (Å²) in [5, 5.41) is 0. The topological polar surface area (TPSA) is 66.6 Å². The summed E-state index contributed by atoms with van der Waals surface area (Å²) in [6, 6.07) is 7.48. The SMILES string of the molecule is CCN1CCN(S(=O)(=O)Cc2ccc(CN)cc2)CC1. The molecule has 20 heavy (non-hydrogen) atoms. The van der Waals surface area contributed by atoms with Gasteiger partial charge in [-0.3, -0.25) is 0 Å². The van der Waals surface area contributed by atoms with Gasteiger partial charge in [0.05, 0.1) is 5.75 Å². The van der Waals surface area contributed by atoms with Gasteiger partial charge in [0.15, 0.2) is 0 Å². The molecule has 6 heteroatoms. The molecule has 2 rings (SSSR count). The van der Waals surface area contributed by atoms with Crippen molar-refractivity contribution >= 4 is 10.0 Å². The molecule has 112 valence electrons. The van der Waals surface area contributed by atoms with E-state index in [1.807, 2.05) is 24.3 Å². The van der Waals surface area contributed by atoms with Gasteiger partial charge in [-0.05, 0) is 17.7 Å². The average molecular weight is 297 g/mol. The van der Waals surface area contributed by atoms with Crippen molar-refractivity contribution in [3.05, 3.63) is 35.4 Å². The third-order valence-corrected chi connectivity index (χ3v) is 5.63. The number of likely N-dealkylation sites (N-methyl/N-ethyl adjacent to an activating group) is 1. The van der Waals surface area contributed by atoms with Crippen molar-refractivity contribution in [2.45, 2.75) is 19.2 Å². The molecule has 0 spiro atoms. The van der Waals surface area contributed by atoms with Crippen LogP contribution in [0.1, 0.15) is 18.1 Å². The largest absolute Gasteiger partial charge is 0.326 e. The minimum absolute atomic E-state index is 0.0734. The first kappa shape index (κ1) is 15.4. The number of nitrogens with two attached hydrogens (primary N) is 1. The Labute approximate surface area is 121 Å². The van der Waals surface area contributed by atoms with Gasteiger partial charge in [0.1, 0.15) is 0 Å². The van der Waals surface area contributed by atoms with E-state index in [4.69, 9.17) is 5.73 Å². The van der Waals surface area contributed by atoms with E-state index in [-0.39, 0.29) is 5.75 Å². The van der Waals surface area contributed by atoms with Gasteiger partial charge in [0, 0.05) is 32.7 Å². The number of piperazine rings is 1. The number of sulfonamides is 1. The standard InChI is InChI=1S/C14H23N3O2S/c1-2-16-7-9-17(10-8-16)20(18,19)12-14-5-3-13(11-15)4-6-14/h3-6H,2,7-12,15H2,1H3. The minimum Gasteiger partial charge on any atom is -0.326 e. The van der Waals surface area contributed by atoms with Gasteiger partial charge in [0.2, 0.25) is 10.0 Å². The molecule has 0 saturated carbocycles. The molecule has 1 fully saturated rings. The highest BCUT2D eigenvalue weighted by atomic mass is 32.2. The van der Waals surface area contributed by atoms with Crippen molar-refractivity contribution in [3.8, 4) is 0 Å². The molecule has 1 aromatic carbocycles. The summed E-state index contributed by atoms with van der Waals surface area (Å²) in [7, 11) is -3.21. The van der Waals surface area contributed by atoms with Gasteiger partial charge < -0.3 is 10.6 Å². The van der Waals surface area contributed by atoms with Crippen LogP contribution in [0, 0.1) is 0 Å². The lowest BCUT2D eigenvalue weighted by atomic mass is 10.1. The van der Waals surface area contributed by atoms with Crippen LogP contribution >= 0.6 is 0 Å². The van der Waals surface area contributed by atoms with E-state index in [0.717, 1.165) is 30.8 Å². The molecule has 0 aromatic heterocycles. The third kappa shape index (κ3) is 3.79. The van der Waals surface area contributed by atoms with Gasteiger partial charge in [0.25, 0.3) is 0 Å². The molecule has 1 aromatic rings. The minimum atomic E-state index is -3.21. The fourth-order valence-electron chi connectivity index (χ4n) is 2.40. The van der Waals surface area contributed by atoms with Crippen molar-refractivity contribution in [2.75, 3.05) is 32.7 Å². The number of benzene rings is 1. The summed E-state index contributed by atoms with van der Waals surface area (Å²) in [5.41, 5.74) is 7.38. The summed E-state index contributed by atoms with van der Waals surface area (Å²) >= 11 is 0. The van der Waals surface area contributed by atoms with Crippen LogP contribution in [0.5, 0.6) is 0 Å². The second-order valence-corrected chi connectivity index (χ2v) is 7.08. The van der Waals surface area contributed by atoms with Crippen molar-refractivity contribution < 1.29 is 8.42 Å². The molecular weight excluding hydrogens is 274 g/mol. The molecule has 1 aliphatic heterocycles. The molecule has 0 aliphatic carbocycles. The number of hydrogen-bond acceptors (Lipinski definition) is 4. The molecule has 0 bridgehead atoms. The zero-order valence-corrected chi connectivity index (χ0v) is 12.8. The van der Waals surface area contributed by atoms with Crippen molar-refractivity contribution in [3.63, 3.8) is 0 Å². The van der Waals surface area contributed by atoms with Crippen LogP contribution in [0.3, 0.4) is 0 Å². The lowest BCUT2D eigenvalue weighted by Crippen LogP contribution is -2.48. The Morgan fingerprint density at radius 1 is 1.05 bits per heavy atom. The number of hydrogen-bond donors (Lipinski definition) is 1. The highest BCUT2D eigenvalue weighted by Gasteiger charge is 2.26. The Kier molecular flexibility index (Phi) is 5.15. The highest BCUT2D eigenvalue weighted by Crippen LogP contribution is 2.14. The summed E-state index contributed by atoms with van der Waals surface area (Å²) < 4.78 is 26.4. The summed E-state index contributed by atoms with van der Waals surface area (Å²) in [4.78, 5) is 2.27. The van der Waals surface area contributed by atoms with E-state index < -0.39 is 10.0 Å². The van der Waals surface area contributed by atoms with E-state index in [9.17, 15) is 8.42 Å². The number of rotatable bonds is 5. The fraction of sp³-hybridized carbons (Fsp3) is 0.571. The quantitative estimate of drug-likeness (QED) is 0.865. The zero-order chi connectivity index (χ0) is 14.6. The first-order valence-electron chi connectivity index (χ1n) is 7.03. The monoisotopic (exact) mass is 297 g/mol. The van der Waals surface area contributed by atoms with Crippen LogP contribution in [0.25, 0.3) is 0 Å². The normalized spacial score (nSPS) is 18.3. The smallest absolute Gasteiger partial charge is 0.218 e. The molecule has 0 atom stereocenters. The van der Waals surface area contributed by atoms with Crippen LogP contribution in [-0.2, 0) is 22.3 Å². The maximum absolute atomic E-state index is 12.4. The van der Waals surface area contributed by atoms with Crippen LogP contribution < -0.4 is 5.73 Å². The van der Waals surface area contributed by atoms with Gasteiger partial charge in [-0.2, -0.15) is 4.31 Å². The number of nitrogens with zero attached hydrogens (tertiary/aromatic N) is 2. The molecule has 0 radical (unpaired) electrons. The Morgan fingerprint density at radius 2 is 1.60 bits per heavy atom. The second-order valence-electron chi connectivity index (χ2n) is 5.11. The third-order valence-electron chi connectivity index (χ3n) is 3.78. The first-order chi connectivity index (χ1) is 9.55. The van der Waals surface area contributed by atoms with Gasteiger partial charge in [-0.15, -0.1) is 0 Å². The predicted molar refractivity (Wildman–Crippen MR) is 80.6 cm³/mol. The summed E-state index contributed by atoms with van der Waals surface area (Å²) in [5.74, 6) is 0.0734. The van der Waals surface area contributed by atoms with Gasteiger partial charge in [-0.25, -0.2) is 8.42 Å². The Bertz CT molecular complexity index is 520. The summed E-state index contributed by atoms with van der Waals surface area (Å²) in [6.07, 6.45) is 0. The van der Waals surface area contributed by atoms with E-state index in [0.29, 0.717) is 19.6 Å². The molecule has 0 unspecified atom stereocenters. The van der Waals surface area contributed by atoms with E-state index in [2.05, 4.69) is 11.8 Å². The van der Waals surface area contributed by atoms with Crippen LogP contribution in [0.2, 0.25) is 0 Å². The average Bonchev–Trinajstić information content (AvgIpc) is 2.48. The van der Waals surface area contributed by atoms with Gasteiger partial charge in [-0.1, -0.05) is 31.2 Å². The van der Waals surface area contributed by atoms with Crippen molar-refractivity contribution in [2.24, 2.45) is 5.73 Å². The Balaban J connectivity index is 2.00. The van der Waals surface area contributed by atoms with Crippen LogP contribution in [0.15, 0.2) is 24.3 Å². The first-order valence-corrected chi connectivity index (χ1v) is 8.64. The molecule has 0 amide bonds.